The lowest BCUT2D eigenvalue weighted by molar-refractivity contribution is -0.140. The van der Waals surface area contributed by atoms with Gasteiger partial charge in [0.2, 0.25) is 0 Å². The van der Waals surface area contributed by atoms with E-state index in [1.807, 2.05) is 25.1 Å². The number of esters is 1. The van der Waals surface area contributed by atoms with Crippen molar-refractivity contribution in [3.8, 4) is 0 Å². The maximum atomic E-state index is 11.2. The number of hydrogen-bond acceptors (Lipinski definition) is 2. The Hall–Kier alpha value is -1.31. The lowest BCUT2D eigenvalue weighted by atomic mass is 9.91. The first-order valence-electron chi connectivity index (χ1n) is 4.98. The van der Waals surface area contributed by atoms with Crippen LogP contribution >= 0.6 is 0 Å². The van der Waals surface area contributed by atoms with Gasteiger partial charge in [0, 0.05) is 5.92 Å². The molecule has 1 aliphatic rings. The lowest BCUT2D eigenvalue weighted by Gasteiger charge is -2.10. The van der Waals surface area contributed by atoms with Crippen LogP contribution in [0.25, 0.3) is 0 Å². The number of benzene rings is 1. The fourth-order valence-electron chi connectivity index (χ4n) is 1.81. The van der Waals surface area contributed by atoms with Gasteiger partial charge in [0.05, 0.1) is 12.5 Å². The van der Waals surface area contributed by atoms with E-state index in [-0.39, 0.29) is 11.9 Å². The zero-order valence-corrected chi connectivity index (χ0v) is 8.27. The summed E-state index contributed by atoms with van der Waals surface area (Å²) in [6.45, 7) is 2.53. The molecule has 1 aromatic carbocycles. The van der Waals surface area contributed by atoms with Crippen molar-refractivity contribution in [2.45, 2.75) is 13.3 Å². The zero-order valence-electron chi connectivity index (χ0n) is 8.27. The Bertz CT molecular complexity index is 318. The Balaban J connectivity index is 2.02. The first kappa shape index (κ1) is 9.25. The Morgan fingerprint density at radius 3 is 2.64 bits per heavy atom. The minimum atomic E-state index is -0.0501. The summed E-state index contributed by atoms with van der Waals surface area (Å²) in [6.07, 6.45) is 0.938. The third-order valence-electron chi connectivity index (χ3n) is 2.86. The average molecular weight is 190 g/mol. The van der Waals surface area contributed by atoms with Gasteiger partial charge in [-0.05, 0) is 12.0 Å². The van der Waals surface area contributed by atoms with Crippen LogP contribution in [-0.4, -0.2) is 12.6 Å². The van der Waals surface area contributed by atoms with Gasteiger partial charge < -0.3 is 4.74 Å². The predicted octanol–water partition coefficient (Wildman–Crippen LogP) is 2.04. The molecule has 0 saturated carbocycles. The highest BCUT2D eigenvalue weighted by Crippen LogP contribution is 2.24. The van der Waals surface area contributed by atoms with Gasteiger partial charge in [-0.3, -0.25) is 4.79 Å². The molecule has 14 heavy (non-hydrogen) atoms. The SMILES string of the molecule is CC1C(=O)OCC1Cc1ccccc1. The smallest absolute Gasteiger partial charge is 0.309 e. The summed E-state index contributed by atoms with van der Waals surface area (Å²) >= 11 is 0. The maximum absolute atomic E-state index is 11.2. The predicted molar refractivity (Wildman–Crippen MR) is 53.8 cm³/mol. The highest BCUT2D eigenvalue weighted by molar-refractivity contribution is 5.74. The molecule has 0 bridgehead atoms. The number of rotatable bonds is 2. The second kappa shape index (κ2) is 3.82. The third-order valence-corrected chi connectivity index (χ3v) is 2.86. The van der Waals surface area contributed by atoms with Crippen molar-refractivity contribution in [1.82, 2.24) is 0 Å². The molecule has 0 radical (unpaired) electrons. The molecule has 2 unspecified atom stereocenters. The van der Waals surface area contributed by atoms with Gasteiger partial charge in [0.1, 0.15) is 0 Å². The van der Waals surface area contributed by atoms with Crippen LogP contribution in [0, 0.1) is 11.8 Å². The zero-order chi connectivity index (χ0) is 9.97. The molecule has 1 fully saturated rings. The minimum Gasteiger partial charge on any atom is -0.465 e. The molecule has 0 N–H and O–H groups in total. The van der Waals surface area contributed by atoms with Gasteiger partial charge in [-0.15, -0.1) is 0 Å². The van der Waals surface area contributed by atoms with Crippen LogP contribution in [0.4, 0.5) is 0 Å². The molecular formula is C12H14O2. The van der Waals surface area contributed by atoms with Crippen LogP contribution in [0.15, 0.2) is 30.3 Å². The summed E-state index contributed by atoms with van der Waals surface area (Å²) in [5.74, 6) is 0.353. The Kier molecular flexibility index (Phi) is 2.53. The highest BCUT2D eigenvalue weighted by Gasteiger charge is 2.32. The van der Waals surface area contributed by atoms with Crippen molar-refractivity contribution in [2.24, 2.45) is 11.8 Å². The number of carbonyl (C=O) groups is 1. The molecule has 2 nitrogen and oxygen atoms in total. The molecule has 0 aromatic heterocycles. The molecule has 1 aromatic rings. The fraction of sp³-hybridized carbons (Fsp3) is 0.417. The molecule has 1 aliphatic heterocycles. The molecule has 2 atom stereocenters. The lowest BCUT2D eigenvalue weighted by Crippen LogP contribution is -2.14. The van der Waals surface area contributed by atoms with E-state index in [0.717, 1.165) is 6.42 Å². The van der Waals surface area contributed by atoms with Crippen molar-refractivity contribution in [1.29, 1.82) is 0 Å². The van der Waals surface area contributed by atoms with E-state index in [1.165, 1.54) is 5.56 Å². The summed E-state index contributed by atoms with van der Waals surface area (Å²) in [7, 11) is 0. The Labute approximate surface area is 83.9 Å². The van der Waals surface area contributed by atoms with Gasteiger partial charge in [-0.25, -0.2) is 0 Å². The van der Waals surface area contributed by atoms with Gasteiger partial charge in [0.15, 0.2) is 0 Å². The van der Waals surface area contributed by atoms with E-state index in [0.29, 0.717) is 12.5 Å². The Morgan fingerprint density at radius 1 is 1.36 bits per heavy atom. The van der Waals surface area contributed by atoms with Crippen LogP contribution in [-0.2, 0) is 16.0 Å². The van der Waals surface area contributed by atoms with Crippen LogP contribution in [0.5, 0.6) is 0 Å². The normalized spacial score (nSPS) is 26.2. The molecule has 1 saturated heterocycles. The van der Waals surface area contributed by atoms with E-state index in [1.54, 1.807) is 0 Å². The molecule has 1 heterocycles. The second-order valence-electron chi connectivity index (χ2n) is 3.87. The van der Waals surface area contributed by atoms with Crippen molar-refractivity contribution in [3.63, 3.8) is 0 Å². The fourth-order valence-corrected chi connectivity index (χ4v) is 1.81. The summed E-state index contributed by atoms with van der Waals surface area (Å²) in [5.41, 5.74) is 1.28. The van der Waals surface area contributed by atoms with E-state index in [2.05, 4.69) is 12.1 Å². The summed E-state index contributed by atoms with van der Waals surface area (Å²) in [6, 6.07) is 10.2. The van der Waals surface area contributed by atoms with E-state index < -0.39 is 0 Å². The van der Waals surface area contributed by atoms with E-state index in [9.17, 15) is 4.79 Å². The number of ether oxygens (including phenoxy) is 1. The van der Waals surface area contributed by atoms with Crippen LogP contribution in [0.3, 0.4) is 0 Å². The van der Waals surface area contributed by atoms with Crippen LogP contribution < -0.4 is 0 Å². The molecule has 2 rings (SSSR count). The monoisotopic (exact) mass is 190 g/mol. The molecule has 74 valence electrons. The summed E-state index contributed by atoms with van der Waals surface area (Å²) in [5, 5.41) is 0. The molecule has 0 amide bonds. The quantitative estimate of drug-likeness (QED) is 0.667. The molecule has 0 spiro atoms. The average Bonchev–Trinajstić information content (AvgIpc) is 2.52. The van der Waals surface area contributed by atoms with Gasteiger partial charge in [-0.2, -0.15) is 0 Å². The Morgan fingerprint density at radius 2 is 2.07 bits per heavy atom. The second-order valence-corrected chi connectivity index (χ2v) is 3.87. The largest absolute Gasteiger partial charge is 0.465 e. The number of hydrogen-bond donors (Lipinski definition) is 0. The van der Waals surface area contributed by atoms with Crippen LogP contribution in [0.2, 0.25) is 0 Å². The van der Waals surface area contributed by atoms with Crippen molar-refractivity contribution >= 4 is 5.97 Å². The first-order chi connectivity index (χ1) is 6.77. The third kappa shape index (κ3) is 1.79. The topological polar surface area (TPSA) is 26.3 Å². The van der Waals surface area contributed by atoms with Gasteiger partial charge in [-0.1, -0.05) is 37.3 Å². The first-order valence-corrected chi connectivity index (χ1v) is 4.98. The maximum Gasteiger partial charge on any atom is 0.309 e. The van der Waals surface area contributed by atoms with Crippen molar-refractivity contribution < 1.29 is 9.53 Å². The minimum absolute atomic E-state index is 0.0501. The summed E-state index contributed by atoms with van der Waals surface area (Å²) < 4.78 is 5.01. The number of carbonyl (C=O) groups excluding carboxylic acids is 1. The van der Waals surface area contributed by atoms with Crippen LogP contribution in [0.1, 0.15) is 12.5 Å². The van der Waals surface area contributed by atoms with Gasteiger partial charge >= 0.3 is 5.97 Å². The van der Waals surface area contributed by atoms with Crippen molar-refractivity contribution in [2.75, 3.05) is 6.61 Å². The van der Waals surface area contributed by atoms with Gasteiger partial charge in [0.25, 0.3) is 0 Å². The summed E-state index contributed by atoms with van der Waals surface area (Å²) in [4.78, 5) is 11.2. The van der Waals surface area contributed by atoms with E-state index >= 15 is 0 Å². The molecule has 2 heteroatoms. The molecular weight excluding hydrogens is 176 g/mol. The molecule has 0 aliphatic carbocycles. The van der Waals surface area contributed by atoms with Crippen molar-refractivity contribution in [3.05, 3.63) is 35.9 Å². The standard InChI is InChI=1S/C12H14O2/c1-9-11(8-14-12(9)13)7-10-5-3-2-4-6-10/h2-6,9,11H,7-8H2,1H3. The highest BCUT2D eigenvalue weighted by atomic mass is 16.5. The van der Waals surface area contributed by atoms with E-state index in [4.69, 9.17) is 4.74 Å². The number of cyclic esters (lactones) is 1.